The van der Waals surface area contributed by atoms with Crippen LogP contribution in [0, 0.1) is 0 Å². The summed E-state index contributed by atoms with van der Waals surface area (Å²) in [6.07, 6.45) is 3.46. The lowest BCUT2D eigenvalue weighted by atomic mass is 9.97. The smallest absolute Gasteiger partial charge is 0.196 e. The van der Waals surface area contributed by atoms with Gasteiger partial charge in [0.2, 0.25) is 0 Å². The van der Waals surface area contributed by atoms with Crippen LogP contribution in [-0.2, 0) is 6.42 Å². The molecule has 1 aromatic heterocycles. The molecule has 3 aromatic rings. The van der Waals surface area contributed by atoms with E-state index in [-0.39, 0.29) is 0 Å². The number of rotatable bonds is 5. The number of hydrogen-bond donors (Lipinski definition) is 0. The molecule has 3 heteroatoms. The lowest BCUT2D eigenvalue weighted by Gasteiger charge is -2.18. The van der Waals surface area contributed by atoms with Crippen LogP contribution in [0.25, 0.3) is 11.1 Å². The van der Waals surface area contributed by atoms with E-state index in [9.17, 15) is 0 Å². The van der Waals surface area contributed by atoms with Crippen molar-refractivity contribution in [3.05, 3.63) is 59.5 Å². The van der Waals surface area contributed by atoms with Crippen molar-refractivity contribution >= 4 is 16.8 Å². The predicted octanol–water partition coefficient (Wildman–Crippen LogP) is 5.90. The van der Waals surface area contributed by atoms with E-state index in [1.807, 2.05) is 0 Å². The topological polar surface area (TPSA) is 29.3 Å². The highest BCUT2D eigenvalue weighted by Crippen LogP contribution is 2.27. The maximum atomic E-state index is 5.98. The summed E-state index contributed by atoms with van der Waals surface area (Å²) in [6.45, 7) is 9.04. The third-order valence-corrected chi connectivity index (χ3v) is 5.54. The minimum Gasteiger partial charge on any atom is -0.441 e. The fourth-order valence-corrected chi connectivity index (χ4v) is 3.81. The van der Waals surface area contributed by atoms with Crippen molar-refractivity contribution in [2.24, 2.45) is 0 Å². The van der Waals surface area contributed by atoms with Gasteiger partial charge in [0.25, 0.3) is 0 Å². The van der Waals surface area contributed by atoms with E-state index >= 15 is 0 Å². The normalized spacial score (nSPS) is 15.9. The summed E-state index contributed by atoms with van der Waals surface area (Å²) in [5.74, 6) is 1.73. The number of fused-ring (bicyclic) bond motifs is 1. The van der Waals surface area contributed by atoms with Gasteiger partial charge in [0.1, 0.15) is 5.52 Å². The highest BCUT2D eigenvalue weighted by Gasteiger charge is 2.15. The monoisotopic (exact) mass is 348 g/mol. The van der Waals surface area contributed by atoms with Crippen LogP contribution in [-0.4, -0.2) is 18.1 Å². The Balaban J connectivity index is 1.48. The number of oxazole rings is 1. The summed E-state index contributed by atoms with van der Waals surface area (Å²) in [4.78, 5) is 7.20. The van der Waals surface area contributed by atoms with Crippen LogP contribution in [0.3, 0.4) is 0 Å². The van der Waals surface area contributed by atoms with E-state index in [0.29, 0.717) is 11.8 Å². The molecule has 0 spiro atoms. The first-order valence-electron chi connectivity index (χ1n) is 9.84. The standard InChI is InChI=1S/C23H28N2O/c1-16(2)19-8-11-22-21(15-19)24-23(26-22)14-17(3)18-6-9-20(10-7-18)25-12-4-5-13-25/h6-11,15-17H,4-5,12-14H2,1-3H3. The summed E-state index contributed by atoms with van der Waals surface area (Å²) in [5, 5.41) is 0. The van der Waals surface area contributed by atoms with Crippen molar-refractivity contribution in [2.45, 2.75) is 51.9 Å². The van der Waals surface area contributed by atoms with Crippen LogP contribution in [0.5, 0.6) is 0 Å². The molecule has 2 aromatic carbocycles. The zero-order chi connectivity index (χ0) is 18.1. The van der Waals surface area contributed by atoms with Crippen LogP contribution < -0.4 is 4.90 Å². The van der Waals surface area contributed by atoms with Gasteiger partial charge in [-0.2, -0.15) is 0 Å². The molecule has 1 unspecified atom stereocenters. The van der Waals surface area contributed by atoms with Crippen molar-refractivity contribution in [1.82, 2.24) is 4.98 Å². The van der Waals surface area contributed by atoms with E-state index in [2.05, 4.69) is 68.1 Å². The van der Waals surface area contributed by atoms with Crippen LogP contribution in [0.4, 0.5) is 5.69 Å². The maximum absolute atomic E-state index is 5.98. The fourth-order valence-electron chi connectivity index (χ4n) is 3.81. The second kappa shape index (κ2) is 7.14. The zero-order valence-corrected chi connectivity index (χ0v) is 16.0. The Labute approximate surface area is 156 Å². The van der Waals surface area contributed by atoms with E-state index in [1.54, 1.807) is 0 Å². The first-order valence-corrected chi connectivity index (χ1v) is 9.84. The van der Waals surface area contributed by atoms with Gasteiger partial charge in [0.15, 0.2) is 11.5 Å². The Bertz CT molecular complexity index is 873. The third-order valence-electron chi connectivity index (χ3n) is 5.54. The molecule has 1 aliphatic rings. The molecule has 0 saturated carbocycles. The minimum absolute atomic E-state index is 0.389. The number of nitrogens with zero attached hydrogens (tertiary/aromatic N) is 2. The van der Waals surface area contributed by atoms with Gasteiger partial charge in [-0.05, 0) is 60.1 Å². The minimum atomic E-state index is 0.389. The van der Waals surface area contributed by atoms with Gasteiger partial charge in [0.05, 0.1) is 0 Å². The Morgan fingerprint density at radius 3 is 2.35 bits per heavy atom. The van der Waals surface area contributed by atoms with Crippen LogP contribution in [0.1, 0.15) is 62.5 Å². The molecule has 1 fully saturated rings. The molecule has 0 bridgehead atoms. The van der Waals surface area contributed by atoms with E-state index in [1.165, 1.54) is 42.7 Å². The molecule has 0 amide bonds. The summed E-state index contributed by atoms with van der Waals surface area (Å²) in [7, 11) is 0. The molecule has 0 radical (unpaired) electrons. The Hall–Kier alpha value is -2.29. The fraction of sp³-hybridized carbons (Fsp3) is 0.435. The molecule has 136 valence electrons. The van der Waals surface area contributed by atoms with Crippen molar-refractivity contribution < 1.29 is 4.42 Å². The number of anilines is 1. The van der Waals surface area contributed by atoms with Crippen molar-refractivity contribution in [3.8, 4) is 0 Å². The van der Waals surface area contributed by atoms with E-state index in [0.717, 1.165) is 23.4 Å². The highest BCUT2D eigenvalue weighted by molar-refractivity contribution is 5.73. The molecule has 2 heterocycles. The summed E-state index contributed by atoms with van der Waals surface area (Å²) in [5.41, 5.74) is 5.87. The molecule has 1 saturated heterocycles. The lowest BCUT2D eigenvalue weighted by Crippen LogP contribution is -2.17. The third kappa shape index (κ3) is 3.48. The Kier molecular flexibility index (Phi) is 4.71. The van der Waals surface area contributed by atoms with Crippen LogP contribution in [0.15, 0.2) is 46.9 Å². The largest absolute Gasteiger partial charge is 0.441 e. The number of hydrogen-bond acceptors (Lipinski definition) is 3. The number of benzene rings is 2. The SMILES string of the molecule is CC(C)c1ccc2oc(CC(C)c3ccc(N4CCCC4)cc3)nc2c1. The Morgan fingerprint density at radius 1 is 0.962 bits per heavy atom. The second-order valence-corrected chi connectivity index (χ2v) is 7.88. The van der Waals surface area contributed by atoms with Gasteiger partial charge in [-0.25, -0.2) is 4.98 Å². The molecule has 26 heavy (non-hydrogen) atoms. The lowest BCUT2D eigenvalue weighted by molar-refractivity contribution is 0.508. The average molecular weight is 348 g/mol. The molecule has 0 aliphatic carbocycles. The van der Waals surface area contributed by atoms with Crippen LogP contribution >= 0.6 is 0 Å². The van der Waals surface area contributed by atoms with Gasteiger partial charge < -0.3 is 9.32 Å². The molecule has 0 N–H and O–H groups in total. The summed E-state index contributed by atoms with van der Waals surface area (Å²) in [6, 6.07) is 15.4. The predicted molar refractivity (Wildman–Crippen MR) is 108 cm³/mol. The second-order valence-electron chi connectivity index (χ2n) is 7.88. The van der Waals surface area contributed by atoms with Crippen molar-refractivity contribution in [3.63, 3.8) is 0 Å². The van der Waals surface area contributed by atoms with Crippen LogP contribution in [0.2, 0.25) is 0 Å². The highest BCUT2D eigenvalue weighted by atomic mass is 16.3. The van der Waals surface area contributed by atoms with Crippen molar-refractivity contribution in [1.29, 1.82) is 0 Å². The van der Waals surface area contributed by atoms with E-state index in [4.69, 9.17) is 9.40 Å². The number of aromatic nitrogens is 1. The Morgan fingerprint density at radius 2 is 1.65 bits per heavy atom. The maximum Gasteiger partial charge on any atom is 0.196 e. The van der Waals surface area contributed by atoms with Gasteiger partial charge >= 0.3 is 0 Å². The molecule has 4 rings (SSSR count). The quantitative estimate of drug-likeness (QED) is 0.575. The molecule has 3 nitrogen and oxygen atoms in total. The molecule has 1 atom stereocenters. The molecule has 1 aliphatic heterocycles. The van der Waals surface area contributed by atoms with E-state index < -0.39 is 0 Å². The average Bonchev–Trinajstić information content (AvgIpc) is 3.30. The van der Waals surface area contributed by atoms with Gasteiger partial charge in [-0.1, -0.05) is 39.0 Å². The van der Waals surface area contributed by atoms with Crippen molar-refractivity contribution in [2.75, 3.05) is 18.0 Å². The molecular weight excluding hydrogens is 320 g/mol. The molecular formula is C23H28N2O. The summed E-state index contributed by atoms with van der Waals surface area (Å²) < 4.78 is 5.98. The van der Waals surface area contributed by atoms with Gasteiger partial charge in [-0.15, -0.1) is 0 Å². The zero-order valence-electron chi connectivity index (χ0n) is 16.0. The van der Waals surface area contributed by atoms with Gasteiger partial charge in [-0.3, -0.25) is 0 Å². The first-order chi connectivity index (χ1) is 12.6. The first kappa shape index (κ1) is 17.1. The van der Waals surface area contributed by atoms with Gasteiger partial charge in [0, 0.05) is 25.2 Å². The summed E-state index contributed by atoms with van der Waals surface area (Å²) >= 11 is 0.